The standard InChI is InChI=1S/C17H18N2OS/c1-13-7-5-6-10-15(13)18-17(21)19-11-12-20-16(19)14-8-3-2-4-9-14/h2-10,16H,11-12H2,1H3,(H,18,21). The number of nitrogens with zero attached hydrogens (tertiary/aromatic N) is 1. The van der Waals surface area contributed by atoms with E-state index in [1.807, 2.05) is 36.4 Å². The predicted octanol–water partition coefficient (Wildman–Crippen LogP) is 3.72. The monoisotopic (exact) mass is 298 g/mol. The van der Waals surface area contributed by atoms with Gasteiger partial charge in [0.15, 0.2) is 11.3 Å². The average Bonchev–Trinajstić information content (AvgIpc) is 3.00. The number of anilines is 1. The molecule has 2 aromatic rings. The van der Waals surface area contributed by atoms with Crippen LogP contribution in [-0.2, 0) is 4.74 Å². The molecule has 108 valence electrons. The molecule has 0 aliphatic carbocycles. The van der Waals surface area contributed by atoms with E-state index in [-0.39, 0.29) is 6.23 Å². The highest BCUT2D eigenvalue weighted by Crippen LogP contribution is 2.27. The lowest BCUT2D eigenvalue weighted by molar-refractivity contribution is 0.0642. The number of thiocarbonyl (C=S) groups is 1. The van der Waals surface area contributed by atoms with Crippen molar-refractivity contribution in [2.45, 2.75) is 13.2 Å². The number of hydrogen-bond acceptors (Lipinski definition) is 2. The number of aryl methyl sites for hydroxylation is 1. The first-order valence-corrected chi connectivity index (χ1v) is 7.46. The fraction of sp³-hybridized carbons (Fsp3) is 0.235. The fourth-order valence-corrected chi connectivity index (χ4v) is 2.77. The van der Waals surface area contributed by atoms with Crippen molar-refractivity contribution >= 4 is 23.0 Å². The zero-order valence-corrected chi connectivity index (χ0v) is 12.8. The number of hydrogen-bond donors (Lipinski definition) is 1. The van der Waals surface area contributed by atoms with E-state index in [0.29, 0.717) is 11.7 Å². The Morgan fingerprint density at radius 1 is 1.14 bits per heavy atom. The molecular formula is C17H18N2OS. The molecule has 1 aliphatic rings. The molecule has 21 heavy (non-hydrogen) atoms. The Kier molecular flexibility index (Phi) is 4.18. The Labute approximate surface area is 130 Å². The minimum absolute atomic E-state index is 0.102. The molecule has 0 radical (unpaired) electrons. The van der Waals surface area contributed by atoms with Crippen molar-refractivity contribution in [3.63, 3.8) is 0 Å². The topological polar surface area (TPSA) is 24.5 Å². The van der Waals surface area contributed by atoms with Crippen LogP contribution in [0.25, 0.3) is 0 Å². The van der Waals surface area contributed by atoms with Crippen LogP contribution >= 0.6 is 12.2 Å². The van der Waals surface area contributed by atoms with Crippen molar-refractivity contribution < 1.29 is 4.74 Å². The number of nitrogens with one attached hydrogen (secondary N) is 1. The second kappa shape index (κ2) is 6.24. The minimum Gasteiger partial charge on any atom is -0.352 e. The first-order valence-electron chi connectivity index (χ1n) is 7.05. The Balaban J connectivity index is 1.76. The Bertz CT molecular complexity index is 630. The molecule has 1 heterocycles. The molecule has 0 amide bonds. The van der Waals surface area contributed by atoms with Crippen LogP contribution in [0.5, 0.6) is 0 Å². The first kappa shape index (κ1) is 14.0. The second-order valence-electron chi connectivity index (χ2n) is 5.07. The summed E-state index contributed by atoms with van der Waals surface area (Å²) in [4.78, 5) is 2.09. The van der Waals surface area contributed by atoms with Gasteiger partial charge < -0.3 is 15.0 Å². The van der Waals surface area contributed by atoms with E-state index in [1.54, 1.807) is 0 Å². The number of ether oxygens (including phenoxy) is 1. The summed E-state index contributed by atoms with van der Waals surface area (Å²) in [5.74, 6) is 0. The van der Waals surface area contributed by atoms with Crippen molar-refractivity contribution in [1.29, 1.82) is 0 Å². The largest absolute Gasteiger partial charge is 0.352 e. The highest BCUT2D eigenvalue weighted by molar-refractivity contribution is 7.80. The lowest BCUT2D eigenvalue weighted by Gasteiger charge is -2.26. The van der Waals surface area contributed by atoms with Gasteiger partial charge in [-0.25, -0.2) is 0 Å². The minimum atomic E-state index is -0.102. The van der Waals surface area contributed by atoms with Crippen molar-refractivity contribution in [1.82, 2.24) is 4.90 Å². The second-order valence-corrected chi connectivity index (χ2v) is 5.46. The van der Waals surface area contributed by atoms with E-state index < -0.39 is 0 Å². The molecular weight excluding hydrogens is 280 g/mol. The molecule has 2 aromatic carbocycles. The van der Waals surface area contributed by atoms with Gasteiger partial charge in [0.2, 0.25) is 0 Å². The molecule has 0 bridgehead atoms. The fourth-order valence-electron chi connectivity index (χ4n) is 2.47. The van der Waals surface area contributed by atoms with Gasteiger partial charge in [-0.1, -0.05) is 48.5 Å². The molecule has 1 saturated heterocycles. The van der Waals surface area contributed by atoms with Gasteiger partial charge in [0.1, 0.15) is 0 Å². The van der Waals surface area contributed by atoms with Gasteiger partial charge in [0.05, 0.1) is 6.61 Å². The number of para-hydroxylation sites is 1. The van der Waals surface area contributed by atoms with Gasteiger partial charge in [-0.15, -0.1) is 0 Å². The van der Waals surface area contributed by atoms with E-state index in [1.165, 1.54) is 5.56 Å². The van der Waals surface area contributed by atoms with E-state index in [2.05, 4.69) is 35.3 Å². The third-order valence-electron chi connectivity index (χ3n) is 3.62. The Morgan fingerprint density at radius 2 is 1.86 bits per heavy atom. The van der Waals surface area contributed by atoms with Gasteiger partial charge in [0.25, 0.3) is 0 Å². The molecule has 0 aromatic heterocycles. The van der Waals surface area contributed by atoms with E-state index in [9.17, 15) is 0 Å². The van der Waals surface area contributed by atoms with Gasteiger partial charge >= 0.3 is 0 Å². The van der Waals surface area contributed by atoms with E-state index in [4.69, 9.17) is 17.0 Å². The Morgan fingerprint density at radius 3 is 2.62 bits per heavy atom. The maximum absolute atomic E-state index is 5.84. The van der Waals surface area contributed by atoms with Crippen LogP contribution in [0.3, 0.4) is 0 Å². The maximum atomic E-state index is 5.84. The van der Waals surface area contributed by atoms with Crippen LogP contribution in [0, 0.1) is 6.92 Å². The molecule has 3 rings (SSSR count). The van der Waals surface area contributed by atoms with Crippen LogP contribution in [-0.4, -0.2) is 23.2 Å². The summed E-state index contributed by atoms with van der Waals surface area (Å²) in [6.45, 7) is 3.56. The summed E-state index contributed by atoms with van der Waals surface area (Å²) in [5, 5.41) is 4.03. The SMILES string of the molecule is Cc1ccccc1NC(=S)N1CCOC1c1ccccc1. The third-order valence-corrected chi connectivity index (χ3v) is 3.96. The quantitative estimate of drug-likeness (QED) is 0.854. The van der Waals surface area contributed by atoms with Crippen molar-refractivity contribution in [3.8, 4) is 0 Å². The normalized spacial score (nSPS) is 17.8. The molecule has 0 saturated carbocycles. The molecule has 1 unspecified atom stereocenters. The van der Waals surface area contributed by atoms with Crippen molar-refractivity contribution in [2.75, 3.05) is 18.5 Å². The molecule has 1 aliphatic heterocycles. The lowest BCUT2D eigenvalue weighted by atomic mass is 10.2. The maximum Gasteiger partial charge on any atom is 0.175 e. The molecule has 1 atom stereocenters. The van der Waals surface area contributed by atoms with Gasteiger partial charge in [0, 0.05) is 17.8 Å². The molecule has 1 N–H and O–H groups in total. The lowest BCUT2D eigenvalue weighted by Crippen LogP contribution is -2.34. The number of rotatable bonds is 2. The summed E-state index contributed by atoms with van der Waals surface area (Å²) in [6, 6.07) is 18.3. The average molecular weight is 298 g/mol. The van der Waals surface area contributed by atoms with Crippen LogP contribution in [0.2, 0.25) is 0 Å². The van der Waals surface area contributed by atoms with Crippen molar-refractivity contribution in [3.05, 3.63) is 65.7 Å². The van der Waals surface area contributed by atoms with Gasteiger partial charge in [-0.3, -0.25) is 0 Å². The molecule has 3 nitrogen and oxygen atoms in total. The zero-order valence-electron chi connectivity index (χ0n) is 12.0. The van der Waals surface area contributed by atoms with Crippen LogP contribution < -0.4 is 5.32 Å². The van der Waals surface area contributed by atoms with E-state index in [0.717, 1.165) is 17.8 Å². The highest BCUT2D eigenvalue weighted by Gasteiger charge is 2.28. The third kappa shape index (κ3) is 3.06. The smallest absolute Gasteiger partial charge is 0.175 e. The first-order chi connectivity index (χ1) is 10.3. The summed E-state index contributed by atoms with van der Waals surface area (Å²) < 4.78 is 5.84. The zero-order chi connectivity index (χ0) is 14.7. The van der Waals surface area contributed by atoms with Crippen LogP contribution in [0.4, 0.5) is 5.69 Å². The highest BCUT2D eigenvalue weighted by atomic mass is 32.1. The Hall–Kier alpha value is -1.91. The molecule has 4 heteroatoms. The van der Waals surface area contributed by atoms with Crippen LogP contribution in [0.1, 0.15) is 17.4 Å². The molecule has 0 spiro atoms. The summed E-state index contributed by atoms with van der Waals surface area (Å²) >= 11 is 5.57. The predicted molar refractivity (Wildman–Crippen MR) is 89.2 cm³/mol. The van der Waals surface area contributed by atoms with Crippen LogP contribution in [0.15, 0.2) is 54.6 Å². The molecule has 1 fully saturated rings. The van der Waals surface area contributed by atoms with Gasteiger partial charge in [-0.05, 0) is 30.8 Å². The van der Waals surface area contributed by atoms with E-state index >= 15 is 0 Å². The van der Waals surface area contributed by atoms with Crippen molar-refractivity contribution in [2.24, 2.45) is 0 Å². The summed E-state index contributed by atoms with van der Waals surface area (Å²) in [7, 11) is 0. The number of benzene rings is 2. The summed E-state index contributed by atoms with van der Waals surface area (Å²) in [5.41, 5.74) is 3.35. The van der Waals surface area contributed by atoms with Gasteiger partial charge in [-0.2, -0.15) is 0 Å². The summed E-state index contributed by atoms with van der Waals surface area (Å²) in [6.07, 6.45) is -0.102.